The molecule has 0 saturated heterocycles. The summed E-state index contributed by atoms with van der Waals surface area (Å²) in [6.45, 7) is 0.951. The zero-order valence-corrected chi connectivity index (χ0v) is 8.89. The first-order valence-electron chi connectivity index (χ1n) is 4.31. The van der Waals surface area contributed by atoms with E-state index < -0.39 is 22.0 Å². The standard InChI is InChI=1S/C9H11F2NO2S/c1-7(10)6-12-15(13,14)9-4-2-8(11)3-5-9/h2-5,7,12H,6H2,1H3. The molecule has 1 N–H and O–H groups in total. The van der Waals surface area contributed by atoms with Crippen LogP contribution in [-0.2, 0) is 10.0 Å². The van der Waals surface area contributed by atoms with Gasteiger partial charge in [0.2, 0.25) is 10.0 Å². The van der Waals surface area contributed by atoms with E-state index >= 15 is 0 Å². The van der Waals surface area contributed by atoms with Gasteiger partial charge in [-0.3, -0.25) is 0 Å². The molecule has 0 spiro atoms. The number of rotatable bonds is 4. The molecule has 1 unspecified atom stereocenters. The second kappa shape index (κ2) is 4.67. The van der Waals surface area contributed by atoms with Gasteiger partial charge >= 0.3 is 0 Å². The molecule has 1 rings (SSSR count). The predicted octanol–water partition coefficient (Wildman–Crippen LogP) is 1.46. The third kappa shape index (κ3) is 3.56. The predicted molar refractivity (Wildman–Crippen MR) is 52.2 cm³/mol. The fourth-order valence-electron chi connectivity index (χ4n) is 0.922. The largest absolute Gasteiger partial charge is 0.246 e. The molecule has 0 saturated carbocycles. The van der Waals surface area contributed by atoms with Crippen molar-refractivity contribution >= 4 is 10.0 Å². The van der Waals surface area contributed by atoms with Crippen molar-refractivity contribution in [2.75, 3.05) is 6.54 Å². The summed E-state index contributed by atoms with van der Waals surface area (Å²) in [6.07, 6.45) is -1.26. The summed E-state index contributed by atoms with van der Waals surface area (Å²) in [7, 11) is -3.73. The van der Waals surface area contributed by atoms with Crippen LogP contribution in [0.4, 0.5) is 8.78 Å². The molecule has 15 heavy (non-hydrogen) atoms. The van der Waals surface area contributed by atoms with Crippen LogP contribution in [0.1, 0.15) is 6.92 Å². The van der Waals surface area contributed by atoms with Crippen molar-refractivity contribution < 1.29 is 17.2 Å². The van der Waals surface area contributed by atoms with Gasteiger partial charge in [-0.2, -0.15) is 0 Å². The molecular formula is C9H11F2NO2S. The number of benzene rings is 1. The number of hydrogen-bond acceptors (Lipinski definition) is 2. The van der Waals surface area contributed by atoms with E-state index in [0.717, 1.165) is 24.3 Å². The summed E-state index contributed by atoms with van der Waals surface area (Å²) in [5, 5.41) is 0. The number of halogens is 2. The Hall–Kier alpha value is -1.01. The van der Waals surface area contributed by atoms with Crippen LogP contribution in [0, 0.1) is 5.82 Å². The molecule has 0 heterocycles. The van der Waals surface area contributed by atoms with E-state index in [4.69, 9.17) is 0 Å². The van der Waals surface area contributed by atoms with E-state index in [1.54, 1.807) is 0 Å². The SMILES string of the molecule is CC(F)CNS(=O)(=O)c1ccc(F)cc1. The highest BCUT2D eigenvalue weighted by atomic mass is 32.2. The van der Waals surface area contributed by atoms with Gasteiger partial charge in [-0.15, -0.1) is 0 Å². The van der Waals surface area contributed by atoms with Crippen LogP contribution in [-0.4, -0.2) is 21.1 Å². The third-order valence-electron chi connectivity index (χ3n) is 1.68. The van der Waals surface area contributed by atoms with Gasteiger partial charge in [0.25, 0.3) is 0 Å². The lowest BCUT2D eigenvalue weighted by Crippen LogP contribution is -2.29. The Morgan fingerprint density at radius 2 is 1.87 bits per heavy atom. The smallest absolute Gasteiger partial charge is 0.240 e. The molecular weight excluding hydrogens is 224 g/mol. The maximum absolute atomic E-state index is 12.5. The van der Waals surface area contributed by atoms with E-state index in [-0.39, 0.29) is 11.4 Å². The Kier molecular flexibility index (Phi) is 3.76. The van der Waals surface area contributed by atoms with E-state index in [1.807, 2.05) is 0 Å². The fraction of sp³-hybridized carbons (Fsp3) is 0.333. The summed E-state index contributed by atoms with van der Waals surface area (Å²) < 4.78 is 49.9. The van der Waals surface area contributed by atoms with Crippen LogP contribution in [0.3, 0.4) is 0 Å². The van der Waals surface area contributed by atoms with Crippen LogP contribution in [0.15, 0.2) is 29.2 Å². The summed E-state index contributed by atoms with van der Waals surface area (Å²) in [6, 6.07) is 4.32. The molecule has 0 bridgehead atoms. The third-order valence-corrected chi connectivity index (χ3v) is 3.12. The molecule has 1 aromatic carbocycles. The number of alkyl halides is 1. The molecule has 1 aromatic rings. The number of sulfonamides is 1. The van der Waals surface area contributed by atoms with Crippen LogP contribution in [0.25, 0.3) is 0 Å². The minimum atomic E-state index is -3.73. The first kappa shape index (κ1) is 12.1. The highest BCUT2D eigenvalue weighted by Gasteiger charge is 2.14. The van der Waals surface area contributed by atoms with Crippen LogP contribution < -0.4 is 4.72 Å². The Morgan fingerprint density at radius 3 is 2.33 bits per heavy atom. The zero-order chi connectivity index (χ0) is 11.5. The molecule has 0 amide bonds. The first-order chi connectivity index (χ1) is 6.92. The van der Waals surface area contributed by atoms with Gasteiger partial charge in [-0.1, -0.05) is 0 Å². The van der Waals surface area contributed by atoms with Crippen molar-refractivity contribution in [3.8, 4) is 0 Å². The lowest BCUT2D eigenvalue weighted by molar-refractivity contribution is 0.360. The second-order valence-corrected chi connectivity index (χ2v) is 4.85. The summed E-state index contributed by atoms with van der Waals surface area (Å²) in [4.78, 5) is -0.0791. The topological polar surface area (TPSA) is 46.2 Å². The average molecular weight is 235 g/mol. The van der Waals surface area contributed by atoms with E-state index in [9.17, 15) is 17.2 Å². The van der Waals surface area contributed by atoms with Gasteiger partial charge < -0.3 is 0 Å². The molecule has 6 heteroatoms. The zero-order valence-electron chi connectivity index (χ0n) is 8.07. The maximum atomic E-state index is 12.5. The van der Waals surface area contributed by atoms with Gasteiger partial charge in [0.05, 0.1) is 4.90 Å². The van der Waals surface area contributed by atoms with Gasteiger partial charge in [-0.05, 0) is 31.2 Å². The van der Waals surface area contributed by atoms with Crippen LogP contribution >= 0.6 is 0 Å². The molecule has 0 aliphatic rings. The molecule has 1 atom stereocenters. The molecule has 84 valence electrons. The molecule has 0 aliphatic heterocycles. The van der Waals surface area contributed by atoms with Gasteiger partial charge in [0, 0.05) is 6.54 Å². The molecule has 0 aliphatic carbocycles. The Balaban J connectivity index is 2.82. The Bertz CT molecular complexity index is 414. The number of hydrogen-bond donors (Lipinski definition) is 1. The first-order valence-corrected chi connectivity index (χ1v) is 5.79. The van der Waals surface area contributed by atoms with Crippen molar-refractivity contribution in [3.05, 3.63) is 30.1 Å². The van der Waals surface area contributed by atoms with Gasteiger partial charge in [-0.25, -0.2) is 21.9 Å². The molecule has 3 nitrogen and oxygen atoms in total. The highest BCUT2D eigenvalue weighted by molar-refractivity contribution is 7.89. The van der Waals surface area contributed by atoms with E-state index in [0.29, 0.717) is 0 Å². The van der Waals surface area contributed by atoms with Crippen molar-refractivity contribution in [3.63, 3.8) is 0 Å². The van der Waals surface area contributed by atoms with E-state index in [1.165, 1.54) is 6.92 Å². The second-order valence-electron chi connectivity index (χ2n) is 3.09. The normalized spacial score (nSPS) is 13.8. The minimum Gasteiger partial charge on any atom is -0.246 e. The van der Waals surface area contributed by atoms with Crippen molar-refractivity contribution in [2.45, 2.75) is 18.0 Å². The molecule has 0 radical (unpaired) electrons. The van der Waals surface area contributed by atoms with Crippen LogP contribution in [0.5, 0.6) is 0 Å². The Labute approximate surface area is 87.2 Å². The lowest BCUT2D eigenvalue weighted by atomic mass is 10.4. The van der Waals surface area contributed by atoms with Crippen molar-refractivity contribution in [1.82, 2.24) is 4.72 Å². The maximum Gasteiger partial charge on any atom is 0.240 e. The van der Waals surface area contributed by atoms with E-state index in [2.05, 4.69) is 4.72 Å². The van der Waals surface area contributed by atoms with Gasteiger partial charge in [0.15, 0.2) is 0 Å². The highest BCUT2D eigenvalue weighted by Crippen LogP contribution is 2.09. The fourth-order valence-corrected chi connectivity index (χ4v) is 2.03. The summed E-state index contributed by atoms with van der Waals surface area (Å²) in [5.74, 6) is -0.521. The van der Waals surface area contributed by atoms with Crippen molar-refractivity contribution in [2.24, 2.45) is 0 Å². The quantitative estimate of drug-likeness (QED) is 0.858. The monoisotopic (exact) mass is 235 g/mol. The molecule has 0 fully saturated rings. The summed E-state index contributed by atoms with van der Waals surface area (Å²) >= 11 is 0. The summed E-state index contributed by atoms with van der Waals surface area (Å²) in [5.41, 5.74) is 0. The van der Waals surface area contributed by atoms with Crippen molar-refractivity contribution in [1.29, 1.82) is 0 Å². The minimum absolute atomic E-state index is 0.0791. The molecule has 0 aromatic heterocycles. The number of nitrogens with one attached hydrogen (secondary N) is 1. The average Bonchev–Trinajstić information content (AvgIpc) is 2.16. The van der Waals surface area contributed by atoms with Crippen LogP contribution in [0.2, 0.25) is 0 Å². The lowest BCUT2D eigenvalue weighted by Gasteiger charge is -2.06. The van der Waals surface area contributed by atoms with Gasteiger partial charge in [0.1, 0.15) is 12.0 Å². The Morgan fingerprint density at radius 1 is 1.33 bits per heavy atom.